The van der Waals surface area contributed by atoms with Gasteiger partial charge < -0.3 is 0 Å². The fourth-order valence-electron chi connectivity index (χ4n) is 1.34. The van der Waals surface area contributed by atoms with Gasteiger partial charge in [-0.05, 0) is 18.2 Å². The standard InChI is InChI=1S/C12H9ClFN/c13-10-8-9(4-3-5-11(10)14)12-6-1-2-7-15-12/h1-4,6-8H,5H2. The average molecular weight is 222 g/mol. The lowest BCUT2D eigenvalue weighted by molar-refractivity contribution is 0.616. The van der Waals surface area contributed by atoms with Gasteiger partial charge in [0.15, 0.2) is 0 Å². The number of rotatable bonds is 1. The highest BCUT2D eigenvalue weighted by atomic mass is 35.5. The summed E-state index contributed by atoms with van der Waals surface area (Å²) in [6.45, 7) is 0. The van der Waals surface area contributed by atoms with Crippen molar-refractivity contribution < 1.29 is 4.39 Å². The van der Waals surface area contributed by atoms with Crippen molar-refractivity contribution in [1.82, 2.24) is 4.98 Å². The molecule has 0 saturated carbocycles. The van der Waals surface area contributed by atoms with Crippen LogP contribution in [0, 0.1) is 0 Å². The Balaban J connectivity index is 2.42. The van der Waals surface area contributed by atoms with E-state index in [9.17, 15) is 4.39 Å². The van der Waals surface area contributed by atoms with Crippen molar-refractivity contribution in [3.63, 3.8) is 0 Å². The van der Waals surface area contributed by atoms with E-state index < -0.39 is 0 Å². The summed E-state index contributed by atoms with van der Waals surface area (Å²) in [5.41, 5.74) is 1.62. The second-order valence-corrected chi connectivity index (χ2v) is 3.58. The first-order valence-corrected chi connectivity index (χ1v) is 4.99. The van der Waals surface area contributed by atoms with Crippen molar-refractivity contribution in [2.45, 2.75) is 6.42 Å². The Labute approximate surface area is 92.6 Å². The molecule has 0 aromatic carbocycles. The molecule has 1 nitrogen and oxygen atoms in total. The van der Waals surface area contributed by atoms with Crippen LogP contribution in [-0.4, -0.2) is 4.98 Å². The minimum Gasteiger partial charge on any atom is -0.256 e. The van der Waals surface area contributed by atoms with E-state index in [-0.39, 0.29) is 17.3 Å². The molecular formula is C12H9ClFN. The van der Waals surface area contributed by atoms with Crippen molar-refractivity contribution in [2.24, 2.45) is 0 Å². The lowest BCUT2D eigenvalue weighted by atomic mass is 10.1. The van der Waals surface area contributed by atoms with Crippen molar-refractivity contribution in [1.29, 1.82) is 0 Å². The minimum absolute atomic E-state index is 0.153. The van der Waals surface area contributed by atoms with E-state index in [0.717, 1.165) is 11.3 Å². The van der Waals surface area contributed by atoms with Crippen LogP contribution < -0.4 is 0 Å². The van der Waals surface area contributed by atoms with Gasteiger partial charge in [0, 0.05) is 18.2 Å². The summed E-state index contributed by atoms with van der Waals surface area (Å²) in [4.78, 5) is 4.18. The zero-order chi connectivity index (χ0) is 10.7. The monoisotopic (exact) mass is 221 g/mol. The Morgan fingerprint density at radius 3 is 2.93 bits per heavy atom. The molecule has 2 rings (SSSR count). The van der Waals surface area contributed by atoms with Crippen LogP contribution >= 0.6 is 11.6 Å². The van der Waals surface area contributed by atoms with Gasteiger partial charge in [-0.3, -0.25) is 4.98 Å². The van der Waals surface area contributed by atoms with Crippen LogP contribution in [0.15, 0.2) is 53.5 Å². The molecule has 0 amide bonds. The average Bonchev–Trinajstić information content (AvgIpc) is 2.43. The number of hydrogen-bond acceptors (Lipinski definition) is 1. The number of aromatic nitrogens is 1. The number of allylic oxidation sites excluding steroid dienone is 6. The number of pyridine rings is 1. The quantitative estimate of drug-likeness (QED) is 0.702. The summed E-state index contributed by atoms with van der Waals surface area (Å²) in [7, 11) is 0. The highest BCUT2D eigenvalue weighted by molar-refractivity contribution is 6.32. The van der Waals surface area contributed by atoms with Crippen LogP contribution in [-0.2, 0) is 0 Å². The van der Waals surface area contributed by atoms with Gasteiger partial charge in [0.25, 0.3) is 0 Å². The molecule has 3 heteroatoms. The zero-order valence-electron chi connectivity index (χ0n) is 7.95. The van der Waals surface area contributed by atoms with Crippen LogP contribution in [0.5, 0.6) is 0 Å². The van der Waals surface area contributed by atoms with E-state index in [0.29, 0.717) is 0 Å². The van der Waals surface area contributed by atoms with E-state index in [4.69, 9.17) is 11.6 Å². The fourth-order valence-corrected chi connectivity index (χ4v) is 1.54. The van der Waals surface area contributed by atoms with Gasteiger partial charge in [-0.25, -0.2) is 4.39 Å². The Morgan fingerprint density at radius 2 is 2.20 bits per heavy atom. The van der Waals surface area contributed by atoms with Crippen molar-refractivity contribution >= 4 is 17.2 Å². The first kappa shape index (κ1) is 10.1. The Morgan fingerprint density at radius 1 is 1.33 bits per heavy atom. The molecule has 76 valence electrons. The molecule has 0 radical (unpaired) electrons. The van der Waals surface area contributed by atoms with E-state index in [2.05, 4.69) is 4.98 Å². The Bertz CT molecular complexity index is 446. The third-order valence-electron chi connectivity index (χ3n) is 2.10. The predicted octanol–water partition coefficient (Wildman–Crippen LogP) is 3.84. The van der Waals surface area contributed by atoms with Gasteiger partial charge in [0.1, 0.15) is 5.83 Å². The lowest BCUT2D eigenvalue weighted by Gasteiger charge is -1.99. The molecule has 0 spiro atoms. The first-order valence-electron chi connectivity index (χ1n) is 4.61. The smallest absolute Gasteiger partial charge is 0.122 e. The van der Waals surface area contributed by atoms with Crippen molar-refractivity contribution in [3.8, 4) is 0 Å². The van der Waals surface area contributed by atoms with Gasteiger partial charge in [-0.2, -0.15) is 0 Å². The highest BCUT2D eigenvalue weighted by Gasteiger charge is 2.07. The molecular weight excluding hydrogens is 213 g/mol. The largest absolute Gasteiger partial charge is 0.256 e. The molecule has 1 aromatic rings. The van der Waals surface area contributed by atoms with Crippen LogP contribution in [0.4, 0.5) is 4.39 Å². The van der Waals surface area contributed by atoms with Crippen LogP contribution in [0.25, 0.3) is 5.57 Å². The molecule has 0 atom stereocenters. The van der Waals surface area contributed by atoms with Crippen LogP contribution in [0.2, 0.25) is 0 Å². The maximum atomic E-state index is 13.2. The summed E-state index contributed by atoms with van der Waals surface area (Å²) >= 11 is 5.78. The molecule has 0 bridgehead atoms. The molecule has 1 aliphatic rings. The molecule has 0 fully saturated rings. The van der Waals surface area contributed by atoms with Gasteiger partial charge in [0.2, 0.25) is 0 Å². The zero-order valence-corrected chi connectivity index (χ0v) is 8.71. The van der Waals surface area contributed by atoms with Gasteiger partial charge >= 0.3 is 0 Å². The van der Waals surface area contributed by atoms with Gasteiger partial charge in [-0.1, -0.05) is 29.8 Å². The predicted molar refractivity (Wildman–Crippen MR) is 60.0 cm³/mol. The van der Waals surface area contributed by atoms with Crippen LogP contribution in [0.1, 0.15) is 12.1 Å². The Kier molecular flexibility index (Phi) is 2.97. The van der Waals surface area contributed by atoms with E-state index in [1.165, 1.54) is 0 Å². The SMILES string of the molecule is FC1=C(Cl)C=C(c2ccccn2)C=CC1. The number of hydrogen-bond donors (Lipinski definition) is 0. The number of nitrogens with zero attached hydrogens (tertiary/aromatic N) is 1. The molecule has 1 aromatic heterocycles. The number of halogens is 2. The third kappa shape index (κ3) is 2.34. The molecule has 0 N–H and O–H groups in total. The lowest BCUT2D eigenvalue weighted by Crippen LogP contribution is -1.84. The normalized spacial score (nSPS) is 16.3. The second kappa shape index (κ2) is 4.41. The van der Waals surface area contributed by atoms with E-state index in [1.807, 2.05) is 24.3 Å². The van der Waals surface area contributed by atoms with E-state index in [1.54, 1.807) is 18.3 Å². The van der Waals surface area contributed by atoms with Crippen molar-refractivity contribution in [3.05, 3.63) is 59.2 Å². The summed E-state index contributed by atoms with van der Waals surface area (Å²) in [5, 5.41) is 0.153. The maximum Gasteiger partial charge on any atom is 0.122 e. The molecule has 1 aliphatic carbocycles. The first-order chi connectivity index (χ1) is 7.27. The topological polar surface area (TPSA) is 12.9 Å². The van der Waals surface area contributed by atoms with E-state index >= 15 is 0 Å². The summed E-state index contributed by atoms with van der Waals surface area (Å²) < 4.78 is 13.2. The Hall–Kier alpha value is -1.41. The summed E-state index contributed by atoms with van der Waals surface area (Å²) in [5.74, 6) is -0.307. The van der Waals surface area contributed by atoms with Gasteiger partial charge in [0.05, 0.1) is 10.7 Å². The second-order valence-electron chi connectivity index (χ2n) is 3.17. The van der Waals surface area contributed by atoms with Gasteiger partial charge in [-0.15, -0.1) is 0 Å². The van der Waals surface area contributed by atoms with Crippen LogP contribution in [0.3, 0.4) is 0 Å². The molecule has 1 heterocycles. The highest BCUT2D eigenvalue weighted by Crippen LogP contribution is 2.25. The summed E-state index contributed by atoms with van der Waals surface area (Å²) in [6, 6.07) is 5.59. The van der Waals surface area contributed by atoms with Crippen molar-refractivity contribution in [2.75, 3.05) is 0 Å². The fraction of sp³-hybridized carbons (Fsp3) is 0.0833. The molecule has 0 aliphatic heterocycles. The maximum absolute atomic E-state index is 13.2. The molecule has 0 unspecified atom stereocenters. The summed E-state index contributed by atoms with van der Waals surface area (Å²) in [6.07, 6.45) is 7.11. The molecule has 15 heavy (non-hydrogen) atoms. The third-order valence-corrected chi connectivity index (χ3v) is 2.41. The molecule has 0 saturated heterocycles. The minimum atomic E-state index is -0.307.